The van der Waals surface area contributed by atoms with Gasteiger partial charge in [0.15, 0.2) is 5.82 Å². The Labute approximate surface area is 158 Å². The van der Waals surface area contributed by atoms with Gasteiger partial charge < -0.3 is 5.32 Å². The van der Waals surface area contributed by atoms with E-state index in [0.29, 0.717) is 27.2 Å². The Morgan fingerprint density at radius 1 is 1.22 bits per heavy atom. The lowest BCUT2D eigenvalue weighted by Gasteiger charge is -2.01. The molecule has 0 aliphatic heterocycles. The summed E-state index contributed by atoms with van der Waals surface area (Å²) in [7, 11) is 0. The second-order valence-electron chi connectivity index (χ2n) is 5.48. The summed E-state index contributed by atoms with van der Waals surface area (Å²) in [5.41, 5.74) is 1.30. The van der Waals surface area contributed by atoms with Gasteiger partial charge in [-0.05, 0) is 31.2 Å². The van der Waals surface area contributed by atoms with Gasteiger partial charge in [0.05, 0.1) is 11.3 Å². The fraction of sp³-hybridized carbons (Fsp3) is 0.118. The maximum absolute atomic E-state index is 12.1. The van der Waals surface area contributed by atoms with E-state index in [0.717, 1.165) is 0 Å². The molecular weight excluding hydrogens is 368 g/mol. The van der Waals surface area contributed by atoms with Crippen molar-refractivity contribution >= 4 is 39.6 Å². The molecule has 3 rings (SSSR count). The monoisotopic (exact) mass is 382 g/mol. The van der Waals surface area contributed by atoms with Gasteiger partial charge in [-0.2, -0.15) is 0 Å². The van der Waals surface area contributed by atoms with Crippen LogP contribution in [0.1, 0.15) is 13.3 Å². The normalized spacial score (nSPS) is 11.2. The van der Waals surface area contributed by atoms with Crippen molar-refractivity contribution in [2.45, 2.75) is 13.3 Å². The Morgan fingerprint density at radius 3 is 2.67 bits per heavy atom. The summed E-state index contributed by atoms with van der Waals surface area (Å²) in [6.07, 6.45) is 1.73. The van der Waals surface area contributed by atoms with Crippen LogP contribution in [0, 0.1) is 10.1 Å². The lowest BCUT2D eigenvalue weighted by Crippen LogP contribution is -2.14. The number of anilines is 1. The number of aliphatic imine (C=N–C) groups is 1. The number of hydrogen-bond acceptors (Lipinski definition) is 8. The molecule has 0 saturated heterocycles. The van der Waals surface area contributed by atoms with Crippen molar-refractivity contribution in [3.05, 3.63) is 58.8 Å². The number of non-ortho nitro benzene ring substituents is 1. The first-order valence-electron chi connectivity index (χ1n) is 7.84. The van der Waals surface area contributed by atoms with Crippen LogP contribution in [0.25, 0.3) is 10.6 Å². The van der Waals surface area contributed by atoms with Crippen LogP contribution in [0.3, 0.4) is 0 Å². The first-order valence-corrected chi connectivity index (χ1v) is 8.66. The van der Waals surface area contributed by atoms with Crippen LogP contribution in [0.5, 0.6) is 0 Å². The third-order valence-corrected chi connectivity index (χ3v) is 4.26. The molecule has 0 aliphatic carbocycles. The van der Waals surface area contributed by atoms with Crippen molar-refractivity contribution in [3.63, 3.8) is 0 Å². The summed E-state index contributed by atoms with van der Waals surface area (Å²) in [6.45, 7) is 1.75. The van der Waals surface area contributed by atoms with Gasteiger partial charge in [0.25, 0.3) is 5.69 Å². The SMILES string of the molecule is CC(CC(=O)Nc1nnc(-c2ccc([N+](=O)[O-])cc2)s1)=Nc1ccccn1. The van der Waals surface area contributed by atoms with Gasteiger partial charge in [-0.25, -0.2) is 9.98 Å². The zero-order valence-corrected chi connectivity index (χ0v) is 15.0. The summed E-state index contributed by atoms with van der Waals surface area (Å²) in [5.74, 6) is 0.276. The molecule has 0 radical (unpaired) electrons. The van der Waals surface area contributed by atoms with Gasteiger partial charge in [0.1, 0.15) is 5.01 Å². The molecule has 1 aromatic carbocycles. The minimum Gasteiger partial charge on any atom is -0.300 e. The topological polar surface area (TPSA) is 123 Å². The van der Waals surface area contributed by atoms with Crippen LogP contribution >= 0.6 is 11.3 Å². The summed E-state index contributed by atoms with van der Waals surface area (Å²) < 4.78 is 0. The fourth-order valence-electron chi connectivity index (χ4n) is 2.17. The summed E-state index contributed by atoms with van der Waals surface area (Å²) in [6, 6.07) is 11.3. The number of nitrogens with zero attached hydrogens (tertiary/aromatic N) is 5. The lowest BCUT2D eigenvalue weighted by molar-refractivity contribution is -0.384. The molecule has 0 saturated carbocycles. The molecule has 0 bridgehead atoms. The third-order valence-electron chi connectivity index (χ3n) is 3.37. The Kier molecular flexibility index (Phi) is 5.57. The van der Waals surface area contributed by atoms with Gasteiger partial charge in [-0.1, -0.05) is 17.4 Å². The summed E-state index contributed by atoms with van der Waals surface area (Å²) in [4.78, 5) is 30.7. The van der Waals surface area contributed by atoms with Crippen LogP contribution in [-0.2, 0) is 4.79 Å². The number of nitrogens with one attached hydrogen (secondary N) is 1. The number of rotatable bonds is 6. The molecule has 0 unspecified atom stereocenters. The van der Waals surface area contributed by atoms with Crippen LogP contribution in [0.4, 0.5) is 16.6 Å². The Hall–Kier alpha value is -3.53. The molecule has 0 aliphatic rings. The molecule has 0 fully saturated rings. The van der Waals surface area contributed by atoms with E-state index in [9.17, 15) is 14.9 Å². The van der Waals surface area contributed by atoms with Gasteiger partial charge in [-0.3, -0.25) is 14.9 Å². The molecule has 0 atom stereocenters. The Morgan fingerprint density at radius 2 is 2.00 bits per heavy atom. The van der Waals surface area contributed by atoms with Crippen LogP contribution < -0.4 is 5.32 Å². The van der Waals surface area contributed by atoms with E-state index < -0.39 is 4.92 Å². The lowest BCUT2D eigenvalue weighted by atomic mass is 10.2. The number of nitro groups is 1. The average molecular weight is 382 g/mol. The van der Waals surface area contributed by atoms with E-state index >= 15 is 0 Å². The zero-order valence-electron chi connectivity index (χ0n) is 14.2. The Bertz CT molecular complexity index is 985. The van der Waals surface area contributed by atoms with Gasteiger partial charge >= 0.3 is 0 Å². The highest BCUT2D eigenvalue weighted by atomic mass is 32.1. The van der Waals surface area contributed by atoms with Crippen molar-refractivity contribution in [2.24, 2.45) is 4.99 Å². The minimum absolute atomic E-state index is 0.000500. The molecule has 1 amide bonds. The molecular formula is C17H14N6O3S. The standard InChI is InChI=1S/C17H14N6O3S/c1-11(19-14-4-2-3-9-18-14)10-15(24)20-17-22-21-16(27-17)12-5-7-13(8-6-12)23(25)26/h2-9H,10H2,1H3,(H,20,22,24). The Balaban J connectivity index is 1.62. The molecule has 0 spiro atoms. The van der Waals surface area contributed by atoms with Crippen molar-refractivity contribution < 1.29 is 9.72 Å². The highest BCUT2D eigenvalue weighted by Gasteiger charge is 2.12. The molecule has 9 nitrogen and oxygen atoms in total. The van der Waals surface area contributed by atoms with Gasteiger partial charge in [-0.15, -0.1) is 10.2 Å². The highest BCUT2D eigenvalue weighted by Crippen LogP contribution is 2.27. The number of amides is 1. The quantitative estimate of drug-likeness (QED) is 0.394. The molecule has 1 N–H and O–H groups in total. The average Bonchev–Trinajstić information content (AvgIpc) is 3.10. The van der Waals surface area contributed by atoms with Crippen LogP contribution in [0.15, 0.2) is 53.7 Å². The zero-order chi connectivity index (χ0) is 19.2. The number of aromatic nitrogens is 3. The van der Waals surface area contributed by atoms with E-state index in [-0.39, 0.29) is 18.0 Å². The molecule has 2 aromatic heterocycles. The van der Waals surface area contributed by atoms with Crippen molar-refractivity contribution in [1.29, 1.82) is 0 Å². The number of nitro benzene ring substituents is 1. The van der Waals surface area contributed by atoms with E-state index in [1.54, 1.807) is 37.4 Å². The third kappa shape index (κ3) is 4.98. The van der Waals surface area contributed by atoms with Gasteiger partial charge in [0, 0.05) is 29.6 Å². The first kappa shape index (κ1) is 18.3. The van der Waals surface area contributed by atoms with E-state index in [1.807, 2.05) is 6.07 Å². The molecule has 136 valence electrons. The minimum atomic E-state index is -0.468. The number of carbonyl (C=O) groups is 1. The van der Waals surface area contributed by atoms with Crippen molar-refractivity contribution in [1.82, 2.24) is 15.2 Å². The smallest absolute Gasteiger partial charge is 0.269 e. The maximum atomic E-state index is 12.1. The highest BCUT2D eigenvalue weighted by molar-refractivity contribution is 7.18. The summed E-state index contributed by atoms with van der Waals surface area (Å²) in [5, 5.41) is 22.2. The number of pyridine rings is 1. The van der Waals surface area contributed by atoms with E-state index in [1.165, 1.54) is 23.5 Å². The second kappa shape index (κ2) is 8.23. The van der Waals surface area contributed by atoms with E-state index in [2.05, 4.69) is 25.5 Å². The predicted octanol–water partition coefficient (Wildman–Crippen LogP) is 3.63. The molecule has 27 heavy (non-hydrogen) atoms. The molecule has 2 heterocycles. The van der Waals surface area contributed by atoms with Crippen molar-refractivity contribution in [2.75, 3.05) is 5.32 Å². The number of benzene rings is 1. The molecule has 10 heteroatoms. The number of hydrogen-bond donors (Lipinski definition) is 1. The first-order chi connectivity index (χ1) is 13.0. The summed E-state index contributed by atoms with van der Waals surface area (Å²) >= 11 is 1.18. The molecule has 3 aromatic rings. The van der Waals surface area contributed by atoms with Gasteiger partial charge in [0.2, 0.25) is 11.0 Å². The largest absolute Gasteiger partial charge is 0.300 e. The van der Waals surface area contributed by atoms with Crippen LogP contribution in [-0.4, -0.2) is 31.7 Å². The second-order valence-corrected chi connectivity index (χ2v) is 6.45. The number of carbonyl (C=O) groups excluding carboxylic acids is 1. The van der Waals surface area contributed by atoms with Crippen LogP contribution in [0.2, 0.25) is 0 Å². The van der Waals surface area contributed by atoms with E-state index in [4.69, 9.17) is 0 Å². The fourth-order valence-corrected chi connectivity index (χ4v) is 2.93. The van der Waals surface area contributed by atoms with Crippen molar-refractivity contribution in [3.8, 4) is 10.6 Å². The maximum Gasteiger partial charge on any atom is 0.269 e. The predicted molar refractivity (Wildman–Crippen MR) is 102 cm³/mol.